The number of rotatable bonds is 11. The molecule has 7 heteroatoms. The second-order valence-electron chi connectivity index (χ2n) is 5.89. The first-order chi connectivity index (χ1) is 10.1. The van der Waals surface area contributed by atoms with Gasteiger partial charge in [0.15, 0.2) is 0 Å². The topological polar surface area (TPSA) is 83.5 Å². The molecule has 1 unspecified atom stereocenters. The highest BCUT2D eigenvalue weighted by atomic mass is 32.2. The Morgan fingerprint density at radius 3 is 2.27 bits per heavy atom. The van der Waals surface area contributed by atoms with Crippen molar-refractivity contribution in [2.24, 2.45) is 0 Å². The minimum absolute atomic E-state index is 0.133. The van der Waals surface area contributed by atoms with Crippen molar-refractivity contribution in [3.05, 3.63) is 12.2 Å². The Kier molecular flexibility index (Phi) is 8.88. The number of nitrogens with zero attached hydrogens (tertiary/aromatic N) is 1. The SMILES string of the molecule is C=C(C)C(=O)NCCC[N+](CC)(CC)C(C)CCS(=O)(=O)O. The second-order valence-corrected chi connectivity index (χ2v) is 7.46. The lowest BCUT2D eigenvalue weighted by Crippen LogP contribution is -2.55. The normalized spacial score (nSPS) is 13.7. The number of hydrogen-bond donors (Lipinski definition) is 2. The highest BCUT2D eigenvalue weighted by molar-refractivity contribution is 7.85. The molecular weight excluding hydrogens is 304 g/mol. The molecule has 0 aromatic carbocycles. The molecule has 0 aliphatic heterocycles. The molecule has 130 valence electrons. The Balaban J connectivity index is 4.54. The standard InChI is InChI=1S/C15H30N2O4S/c1-6-17(7-2,14(5)9-12-22(19,20)21)11-8-10-16-15(18)13(3)4/h14H,3,6-12H2,1-2,4-5H3,(H-,16,18,19,20,21)/p+1. The summed E-state index contributed by atoms with van der Waals surface area (Å²) in [7, 11) is -3.92. The van der Waals surface area contributed by atoms with Gasteiger partial charge in [-0.2, -0.15) is 8.42 Å². The van der Waals surface area contributed by atoms with E-state index in [1.54, 1.807) is 6.92 Å². The molecule has 0 rings (SSSR count). The van der Waals surface area contributed by atoms with E-state index in [4.69, 9.17) is 4.55 Å². The molecule has 0 saturated carbocycles. The maximum Gasteiger partial charge on any atom is 0.265 e. The molecule has 2 N–H and O–H groups in total. The Hall–Kier alpha value is -0.920. The monoisotopic (exact) mass is 335 g/mol. The summed E-state index contributed by atoms with van der Waals surface area (Å²) in [5, 5.41) is 2.81. The van der Waals surface area contributed by atoms with Crippen molar-refractivity contribution in [3.63, 3.8) is 0 Å². The van der Waals surface area contributed by atoms with Gasteiger partial charge in [-0.3, -0.25) is 9.35 Å². The summed E-state index contributed by atoms with van der Waals surface area (Å²) in [6.45, 7) is 14.7. The molecule has 0 aliphatic carbocycles. The van der Waals surface area contributed by atoms with Gasteiger partial charge < -0.3 is 9.80 Å². The van der Waals surface area contributed by atoms with Crippen molar-refractivity contribution >= 4 is 16.0 Å². The third-order valence-electron chi connectivity index (χ3n) is 4.44. The van der Waals surface area contributed by atoms with Gasteiger partial charge in [-0.15, -0.1) is 0 Å². The highest BCUT2D eigenvalue weighted by Crippen LogP contribution is 2.18. The zero-order valence-electron chi connectivity index (χ0n) is 14.3. The van der Waals surface area contributed by atoms with Crippen LogP contribution in [0.2, 0.25) is 0 Å². The molecule has 0 aromatic heterocycles. The average Bonchev–Trinajstić information content (AvgIpc) is 2.44. The summed E-state index contributed by atoms with van der Waals surface area (Å²) in [5.74, 6) is -0.342. The van der Waals surface area contributed by atoms with Gasteiger partial charge in [0.2, 0.25) is 5.91 Å². The van der Waals surface area contributed by atoms with E-state index in [2.05, 4.69) is 25.7 Å². The van der Waals surface area contributed by atoms with E-state index < -0.39 is 10.1 Å². The number of amides is 1. The van der Waals surface area contributed by atoms with E-state index in [1.807, 2.05) is 6.92 Å². The van der Waals surface area contributed by atoms with Crippen LogP contribution in [0.15, 0.2) is 12.2 Å². The molecule has 22 heavy (non-hydrogen) atoms. The van der Waals surface area contributed by atoms with Gasteiger partial charge in [0, 0.05) is 25.0 Å². The minimum atomic E-state index is -3.92. The van der Waals surface area contributed by atoms with Gasteiger partial charge in [0.05, 0.1) is 31.4 Å². The predicted octanol–water partition coefficient (Wildman–Crippen LogP) is 1.59. The van der Waals surface area contributed by atoms with Gasteiger partial charge in [0.25, 0.3) is 10.1 Å². The van der Waals surface area contributed by atoms with Gasteiger partial charge in [-0.1, -0.05) is 6.58 Å². The molecule has 0 aromatic rings. The van der Waals surface area contributed by atoms with Gasteiger partial charge in [-0.05, 0) is 27.7 Å². The Morgan fingerprint density at radius 1 is 1.32 bits per heavy atom. The molecule has 0 aliphatic rings. The first-order valence-electron chi connectivity index (χ1n) is 7.82. The lowest BCUT2D eigenvalue weighted by atomic mass is 10.1. The third-order valence-corrected chi connectivity index (χ3v) is 5.19. The van der Waals surface area contributed by atoms with E-state index >= 15 is 0 Å². The van der Waals surface area contributed by atoms with Crippen LogP contribution in [0.4, 0.5) is 0 Å². The summed E-state index contributed by atoms with van der Waals surface area (Å²) in [4.78, 5) is 11.4. The Bertz CT molecular complexity index is 470. The van der Waals surface area contributed by atoms with Gasteiger partial charge in [0.1, 0.15) is 0 Å². The molecule has 0 bridgehead atoms. The van der Waals surface area contributed by atoms with Crippen molar-refractivity contribution < 1.29 is 22.2 Å². The zero-order valence-corrected chi connectivity index (χ0v) is 15.1. The van der Waals surface area contributed by atoms with E-state index in [0.29, 0.717) is 18.5 Å². The van der Waals surface area contributed by atoms with Crippen molar-refractivity contribution in [1.29, 1.82) is 0 Å². The fraction of sp³-hybridized carbons (Fsp3) is 0.800. The van der Waals surface area contributed by atoms with E-state index in [1.165, 1.54) is 0 Å². The molecular formula is C15H31N2O4S+. The van der Waals surface area contributed by atoms with Crippen LogP contribution in [-0.4, -0.2) is 61.3 Å². The lowest BCUT2D eigenvalue weighted by molar-refractivity contribution is -0.946. The van der Waals surface area contributed by atoms with Crippen LogP contribution in [-0.2, 0) is 14.9 Å². The van der Waals surface area contributed by atoms with Crippen LogP contribution in [0.3, 0.4) is 0 Å². The van der Waals surface area contributed by atoms with E-state index in [-0.39, 0.29) is 17.7 Å². The van der Waals surface area contributed by atoms with Crippen molar-refractivity contribution in [2.45, 2.75) is 46.6 Å². The van der Waals surface area contributed by atoms with Crippen molar-refractivity contribution in [3.8, 4) is 0 Å². The maximum atomic E-state index is 11.4. The van der Waals surface area contributed by atoms with Crippen LogP contribution in [0.1, 0.15) is 40.5 Å². The van der Waals surface area contributed by atoms with E-state index in [9.17, 15) is 13.2 Å². The van der Waals surface area contributed by atoms with Crippen LogP contribution < -0.4 is 5.32 Å². The smallest absolute Gasteiger partial charge is 0.265 e. The summed E-state index contributed by atoms with van der Waals surface area (Å²) >= 11 is 0. The van der Waals surface area contributed by atoms with Crippen LogP contribution in [0, 0.1) is 0 Å². The van der Waals surface area contributed by atoms with E-state index in [0.717, 1.165) is 30.5 Å². The Morgan fingerprint density at radius 2 is 1.86 bits per heavy atom. The van der Waals surface area contributed by atoms with Gasteiger partial charge >= 0.3 is 0 Å². The summed E-state index contributed by atoms with van der Waals surface area (Å²) in [5.41, 5.74) is 0.494. The zero-order chi connectivity index (χ0) is 17.4. The molecule has 1 atom stereocenters. The van der Waals surface area contributed by atoms with Crippen LogP contribution in [0.5, 0.6) is 0 Å². The maximum absolute atomic E-state index is 11.4. The number of nitrogens with one attached hydrogen (secondary N) is 1. The first kappa shape index (κ1) is 21.1. The highest BCUT2D eigenvalue weighted by Gasteiger charge is 2.30. The molecule has 0 radical (unpaired) electrons. The molecule has 6 nitrogen and oxygen atoms in total. The summed E-state index contributed by atoms with van der Waals surface area (Å²) in [6.07, 6.45) is 1.25. The Labute approximate surface area is 134 Å². The molecule has 0 spiro atoms. The minimum Gasteiger partial charge on any atom is -0.352 e. The first-order valence-corrected chi connectivity index (χ1v) is 9.43. The quantitative estimate of drug-likeness (QED) is 0.260. The third kappa shape index (κ3) is 7.38. The second kappa shape index (κ2) is 9.27. The summed E-state index contributed by atoms with van der Waals surface area (Å²) < 4.78 is 31.6. The van der Waals surface area contributed by atoms with Crippen LogP contribution in [0.25, 0.3) is 0 Å². The number of hydrogen-bond acceptors (Lipinski definition) is 3. The fourth-order valence-corrected chi connectivity index (χ4v) is 3.36. The largest absolute Gasteiger partial charge is 0.352 e. The molecule has 0 heterocycles. The number of carbonyl (C=O) groups excluding carboxylic acids is 1. The number of carbonyl (C=O) groups is 1. The average molecular weight is 335 g/mol. The predicted molar refractivity (Wildman–Crippen MR) is 89.1 cm³/mol. The lowest BCUT2D eigenvalue weighted by Gasteiger charge is -2.42. The molecule has 1 amide bonds. The van der Waals surface area contributed by atoms with Crippen LogP contribution >= 0.6 is 0 Å². The van der Waals surface area contributed by atoms with Crippen molar-refractivity contribution in [1.82, 2.24) is 5.32 Å². The molecule has 0 saturated heterocycles. The number of quaternary nitrogens is 1. The van der Waals surface area contributed by atoms with Crippen molar-refractivity contribution in [2.75, 3.05) is 31.9 Å². The molecule has 0 fully saturated rings. The summed E-state index contributed by atoms with van der Waals surface area (Å²) in [6, 6.07) is 0.133. The fourth-order valence-electron chi connectivity index (χ4n) is 2.72. The van der Waals surface area contributed by atoms with Gasteiger partial charge in [-0.25, -0.2) is 0 Å².